The number of benzene rings is 1. The molecule has 12 amide bonds. The number of unbranched alkanes of at least 4 members (excludes halogenated alkanes) is 1. The van der Waals surface area contributed by atoms with Crippen LogP contribution in [-0.2, 0) is 68.7 Å². The van der Waals surface area contributed by atoms with E-state index in [9.17, 15) is 67.4 Å². The number of aromatic amines is 1. The predicted octanol–water partition coefficient (Wildman–Crippen LogP) is 0.891. The van der Waals surface area contributed by atoms with Gasteiger partial charge in [0.1, 0.15) is 53.9 Å². The Hall–Kier alpha value is -8.47. The van der Waals surface area contributed by atoms with Crippen LogP contribution in [0, 0.1) is 17.8 Å². The van der Waals surface area contributed by atoms with Gasteiger partial charge in [-0.15, -0.1) is 0 Å². The molecule has 0 saturated heterocycles. The second-order valence-corrected chi connectivity index (χ2v) is 26.6. The van der Waals surface area contributed by atoms with Crippen molar-refractivity contribution in [2.45, 2.75) is 243 Å². The average Bonchev–Trinajstić information content (AvgIpc) is 1.76. The number of para-hydroxylation sites is 1. The van der Waals surface area contributed by atoms with E-state index in [-0.39, 0.29) is 69.2 Å². The van der Waals surface area contributed by atoms with Crippen LogP contribution in [-0.4, -0.2) is 160 Å². The molecule has 0 bridgehead atoms. The second kappa shape index (κ2) is 40.0. The number of carboxylic acids is 1. The molecule has 0 unspecified atom stereocenters. The number of rotatable bonds is 25. The molecule has 530 valence electrons. The third kappa shape index (κ3) is 28.2. The Balaban J connectivity index is 2.23. The van der Waals surface area contributed by atoms with Gasteiger partial charge in [0.25, 0.3) is 0 Å². The first-order valence-corrected chi connectivity index (χ1v) is 33.2. The molecule has 0 fully saturated rings. The fraction of sp³-hybridized carbons (Fsp3) is 0.652. The number of carboxylic acid groups (broad SMARTS) is 1. The van der Waals surface area contributed by atoms with Gasteiger partial charge in [-0.25, -0.2) is 0 Å². The Morgan fingerprint density at radius 2 is 1.14 bits per heavy atom. The molecule has 3 rings (SSSR count). The third-order valence-electron chi connectivity index (χ3n) is 16.7. The van der Waals surface area contributed by atoms with Gasteiger partial charge in [0.15, 0.2) is 0 Å². The van der Waals surface area contributed by atoms with Crippen LogP contribution in [0.25, 0.3) is 10.9 Å². The molecule has 1 aliphatic heterocycles. The molecule has 2 aromatic rings. The van der Waals surface area contributed by atoms with Crippen molar-refractivity contribution in [3.05, 3.63) is 48.2 Å². The van der Waals surface area contributed by atoms with Crippen LogP contribution in [0.1, 0.15) is 183 Å². The van der Waals surface area contributed by atoms with Crippen molar-refractivity contribution < 1.29 is 67.4 Å². The van der Waals surface area contributed by atoms with Gasteiger partial charge >= 0.3 is 5.97 Å². The molecule has 0 radical (unpaired) electrons. The highest BCUT2D eigenvalue weighted by molar-refractivity contribution is 6.01. The number of primary amides is 3. The minimum atomic E-state index is -1.87. The SMILES string of the molecule is CN[C@]1(C)CCCCCCC=CCCC[C@@](C)(C(=O)N[C@@H](CCC(N)=O)C(=O)N[C@@H](CC(=O)O)C(N)=O)NC(=O)[C@H](CC(C)C)NC(=O)[C@H](CC(C)C)NC(=O)[C@H](CCCCN)NC(=O)[C@H](Cc2c[nH]c3ccccc23)NC(=O)[C@H](CC(C)C)NC(=O)[C@H](CC(N)=O)NC1=O. The summed E-state index contributed by atoms with van der Waals surface area (Å²) in [4.78, 5) is 183. The van der Waals surface area contributed by atoms with E-state index in [0.717, 1.165) is 23.7 Å². The van der Waals surface area contributed by atoms with Crippen molar-refractivity contribution in [1.29, 1.82) is 0 Å². The van der Waals surface area contributed by atoms with E-state index >= 15 is 0 Å². The highest BCUT2D eigenvalue weighted by atomic mass is 16.4. The third-order valence-corrected chi connectivity index (χ3v) is 16.7. The van der Waals surface area contributed by atoms with E-state index < -0.39 is 162 Å². The van der Waals surface area contributed by atoms with Crippen LogP contribution in [0.2, 0.25) is 0 Å². The number of allylic oxidation sites excluding steroid dienone is 2. The maximum Gasteiger partial charge on any atom is 0.305 e. The largest absolute Gasteiger partial charge is 0.481 e. The fourth-order valence-corrected chi connectivity index (χ4v) is 11.1. The molecule has 29 heteroatoms. The minimum Gasteiger partial charge on any atom is -0.481 e. The lowest BCUT2D eigenvalue weighted by molar-refractivity contribution is -0.141. The topological polar surface area (TPSA) is 482 Å². The zero-order valence-electron chi connectivity index (χ0n) is 56.8. The minimum absolute atomic E-state index is 0.0120. The Morgan fingerprint density at radius 3 is 1.68 bits per heavy atom. The van der Waals surface area contributed by atoms with Gasteiger partial charge in [-0.05, 0) is 140 Å². The molecule has 95 heavy (non-hydrogen) atoms. The number of aliphatic carboxylic acids is 1. The number of hydrogen-bond acceptors (Lipinski definition) is 15. The summed E-state index contributed by atoms with van der Waals surface area (Å²) in [6, 6.07) is -4.32. The predicted molar refractivity (Wildman–Crippen MR) is 357 cm³/mol. The van der Waals surface area contributed by atoms with Crippen LogP contribution in [0.3, 0.4) is 0 Å². The first-order chi connectivity index (χ1) is 44.7. The molecule has 0 spiro atoms. The maximum absolute atomic E-state index is 15.0. The average molecular weight is 1330 g/mol. The standard InChI is InChI=1S/C66H107N15O14/c1-38(2)31-47-58(89)77-49(33-40(5)6)62(93)81-66(8,64(95)79-45(26-27-52(68)82)57(88)74-46(55(70)86)36-54(84)85)29-21-16-14-12-10-11-13-15-20-28-65(7,71-9)63(94)80-51(35-53(69)83)61(92)76-48(32-39(3)4)59(90)78-50(34-41-37-72-43-24-18-17-23-42(41)43)60(91)73-44(56(87)75-47)25-19-22-30-67/h12,14,17-18,23-24,37-40,44-51,71-72H,10-11,13,15-16,19-22,25-36,67H2,1-9H3,(H2,68,82)(H2,69,83)(H2,70,86)(H,73,91)(H,74,88)(H,75,87)(H,76,92)(H,77,89)(H,78,90)(H,79,95)(H,80,94)(H,81,93)(H,84,85)/t44-,45-,46-,47-,48-,49-,50-,51-,65+,66-/m0/s1. The van der Waals surface area contributed by atoms with Crippen molar-refractivity contribution in [3.8, 4) is 0 Å². The summed E-state index contributed by atoms with van der Waals surface area (Å²) in [5.74, 6) is -12.6. The molecular formula is C66H107N15O14. The number of H-pyrrole nitrogens is 1. The maximum atomic E-state index is 15.0. The van der Waals surface area contributed by atoms with Crippen LogP contribution < -0.4 is 76.1 Å². The zero-order valence-corrected chi connectivity index (χ0v) is 56.8. The van der Waals surface area contributed by atoms with Crippen LogP contribution >= 0.6 is 0 Å². The fourth-order valence-electron chi connectivity index (χ4n) is 11.1. The second-order valence-electron chi connectivity index (χ2n) is 26.6. The smallest absolute Gasteiger partial charge is 0.305 e. The van der Waals surface area contributed by atoms with Gasteiger partial charge in [0, 0.05) is 29.9 Å². The van der Waals surface area contributed by atoms with Crippen LogP contribution in [0.5, 0.6) is 0 Å². The van der Waals surface area contributed by atoms with E-state index in [4.69, 9.17) is 22.9 Å². The van der Waals surface area contributed by atoms with Crippen molar-refractivity contribution in [1.82, 2.24) is 58.2 Å². The van der Waals surface area contributed by atoms with E-state index in [2.05, 4.69) is 58.2 Å². The summed E-state index contributed by atoms with van der Waals surface area (Å²) in [5, 5.41) is 37.5. The number of carbonyl (C=O) groups is 13. The Morgan fingerprint density at radius 1 is 0.611 bits per heavy atom. The summed E-state index contributed by atoms with van der Waals surface area (Å²) >= 11 is 0. The first-order valence-electron chi connectivity index (χ1n) is 33.2. The molecule has 2 heterocycles. The van der Waals surface area contributed by atoms with E-state index in [0.29, 0.717) is 50.5 Å². The normalized spacial score (nSPS) is 24.0. The summed E-state index contributed by atoms with van der Waals surface area (Å²) in [6.07, 6.45) is 8.31. The van der Waals surface area contributed by atoms with Crippen LogP contribution in [0.4, 0.5) is 0 Å². The molecule has 1 aliphatic rings. The summed E-state index contributed by atoms with van der Waals surface area (Å²) < 4.78 is 0. The van der Waals surface area contributed by atoms with Crippen molar-refractivity contribution in [2.24, 2.45) is 40.7 Å². The van der Waals surface area contributed by atoms with Gasteiger partial charge in [0.05, 0.1) is 18.4 Å². The number of fused-ring (bicyclic) bond motifs is 1. The number of nitrogens with one attached hydrogen (secondary N) is 11. The molecule has 0 saturated carbocycles. The number of likely N-dealkylation sites (N-methyl/N-ethyl adjacent to an activating group) is 1. The molecule has 1 aromatic carbocycles. The quantitative estimate of drug-likeness (QED) is 0.0485. The van der Waals surface area contributed by atoms with Crippen LogP contribution in [0.15, 0.2) is 42.6 Å². The highest BCUT2D eigenvalue weighted by Crippen LogP contribution is 2.23. The molecule has 29 nitrogen and oxygen atoms in total. The Labute approximate surface area is 557 Å². The Bertz CT molecular complexity index is 2990. The van der Waals surface area contributed by atoms with Crippen molar-refractivity contribution in [2.75, 3.05) is 13.6 Å². The number of amides is 12. The van der Waals surface area contributed by atoms with E-state index in [1.54, 1.807) is 53.9 Å². The summed E-state index contributed by atoms with van der Waals surface area (Å²) in [5.41, 5.74) is 20.6. The molecular weight excluding hydrogens is 1230 g/mol. The molecule has 0 aliphatic carbocycles. The van der Waals surface area contributed by atoms with Crippen molar-refractivity contribution in [3.63, 3.8) is 0 Å². The van der Waals surface area contributed by atoms with Gasteiger partial charge in [-0.3, -0.25) is 62.3 Å². The lowest BCUT2D eigenvalue weighted by Gasteiger charge is -2.34. The number of aromatic nitrogens is 1. The molecule has 1 aromatic heterocycles. The number of carbonyl (C=O) groups excluding carboxylic acids is 12. The molecule has 20 N–H and O–H groups in total. The number of nitrogens with two attached hydrogens (primary N) is 4. The van der Waals surface area contributed by atoms with Gasteiger partial charge < -0.3 is 86.2 Å². The lowest BCUT2D eigenvalue weighted by Crippen LogP contribution is -2.64. The van der Waals surface area contributed by atoms with Crippen molar-refractivity contribution >= 4 is 87.8 Å². The zero-order chi connectivity index (χ0) is 71.2. The van der Waals surface area contributed by atoms with Gasteiger partial charge in [0.2, 0.25) is 70.9 Å². The lowest BCUT2D eigenvalue weighted by atomic mass is 9.91. The van der Waals surface area contributed by atoms with E-state index in [1.165, 1.54) is 6.92 Å². The highest BCUT2D eigenvalue weighted by Gasteiger charge is 2.41. The van der Waals surface area contributed by atoms with Gasteiger partial charge in [-0.1, -0.05) is 91.2 Å². The summed E-state index contributed by atoms with van der Waals surface area (Å²) in [7, 11) is 1.59. The first kappa shape index (κ1) is 80.8. The monoisotopic (exact) mass is 1330 g/mol. The van der Waals surface area contributed by atoms with Gasteiger partial charge in [-0.2, -0.15) is 0 Å². The Kier molecular flexibility index (Phi) is 34.0. The summed E-state index contributed by atoms with van der Waals surface area (Å²) in [6.45, 7) is 14.1. The van der Waals surface area contributed by atoms with E-state index in [1.807, 2.05) is 44.2 Å². The molecule has 10 atom stereocenters. The number of hydrogen-bond donors (Lipinski definition) is 16.